The number of likely N-dealkylation sites (tertiary alicyclic amines) is 1. The van der Waals surface area contributed by atoms with E-state index < -0.39 is 11.9 Å². The number of hydrogen-bond acceptors (Lipinski definition) is 4. The summed E-state index contributed by atoms with van der Waals surface area (Å²) in [7, 11) is 0. The van der Waals surface area contributed by atoms with Crippen molar-refractivity contribution in [2.45, 2.75) is 19.4 Å². The Morgan fingerprint density at radius 3 is 2.56 bits per heavy atom. The quantitative estimate of drug-likeness (QED) is 0.478. The number of para-hydroxylation sites is 1. The molecule has 2 aromatic carbocycles. The number of aldehydes is 1. The van der Waals surface area contributed by atoms with E-state index in [2.05, 4.69) is 0 Å². The number of rotatable bonds is 5. The maximum absolute atomic E-state index is 12.4. The van der Waals surface area contributed by atoms with Crippen molar-refractivity contribution in [2.75, 3.05) is 6.54 Å². The Labute approximate surface area is 146 Å². The van der Waals surface area contributed by atoms with Crippen LogP contribution in [0.4, 0.5) is 0 Å². The van der Waals surface area contributed by atoms with Crippen LogP contribution in [0.1, 0.15) is 35.3 Å². The molecule has 1 amide bonds. The monoisotopic (exact) mass is 337 g/mol. The summed E-state index contributed by atoms with van der Waals surface area (Å²) in [5.41, 5.74) is 1.34. The molecule has 0 saturated carbocycles. The van der Waals surface area contributed by atoms with E-state index in [1.54, 1.807) is 29.2 Å². The van der Waals surface area contributed by atoms with Crippen LogP contribution in [-0.4, -0.2) is 29.6 Å². The lowest BCUT2D eigenvalue weighted by Gasteiger charge is -2.25. The van der Waals surface area contributed by atoms with E-state index in [9.17, 15) is 14.4 Å². The van der Waals surface area contributed by atoms with Gasteiger partial charge in [-0.2, -0.15) is 0 Å². The van der Waals surface area contributed by atoms with Crippen molar-refractivity contribution in [3.8, 4) is 5.75 Å². The fourth-order valence-corrected chi connectivity index (χ4v) is 3.04. The number of benzene rings is 2. The molecule has 25 heavy (non-hydrogen) atoms. The topological polar surface area (TPSA) is 63.7 Å². The first-order chi connectivity index (χ1) is 12.1. The van der Waals surface area contributed by atoms with Gasteiger partial charge in [0.1, 0.15) is 5.75 Å². The number of hydrogen-bond donors (Lipinski definition) is 0. The molecular formula is C20H19NO4. The van der Waals surface area contributed by atoms with Crippen molar-refractivity contribution in [1.29, 1.82) is 0 Å². The van der Waals surface area contributed by atoms with E-state index in [1.807, 2.05) is 37.3 Å². The van der Waals surface area contributed by atoms with Crippen LogP contribution < -0.4 is 4.74 Å². The number of ether oxygens (including phenoxy) is 1. The zero-order chi connectivity index (χ0) is 17.8. The van der Waals surface area contributed by atoms with Crippen LogP contribution in [0.25, 0.3) is 0 Å². The summed E-state index contributed by atoms with van der Waals surface area (Å²) in [6.07, 6.45) is 0.769. The van der Waals surface area contributed by atoms with Crippen LogP contribution in [0.2, 0.25) is 0 Å². The van der Waals surface area contributed by atoms with Gasteiger partial charge in [-0.15, -0.1) is 0 Å². The lowest BCUT2D eigenvalue weighted by molar-refractivity contribution is -0.139. The first-order valence-corrected chi connectivity index (χ1v) is 8.20. The minimum Gasteiger partial charge on any atom is -0.425 e. The van der Waals surface area contributed by atoms with Crippen LogP contribution in [0.15, 0.2) is 54.6 Å². The number of amides is 1. The fraction of sp³-hybridized carbons (Fsp3) is 0.250. The average Bonchev–Trinajstić information content (AvgIpc) is 3.04. The van der Waals surface area contributed by atoms with E-state index in [4.69, 9.17) is 4.74 Å². The molecule has 1 fully saturated rings. The molecule has 1 saturated heterocycles. The second kappa shape index (κ2) is 7.30. The third kappa shape index (κ3) is 3.60. The van der Waals surface area contributed by atoms with E-state index in [0.29, 0.717) is 18.4 Å². The summed E-state index contributed by atoms with van der Waals surface area (Å²) in [5, 5.41) is 0. The normalized spacial score (nSPS) is 18.0. The lowest BCUT2D eigenvalue weighted by atomic mass is 10.1. The predicted octanol–water partition coefficient (Wildman–Crippen LogP) is 3.01. The van der Waals surface area contributed by atoms with Gasteiger partial charge in [-0.05, 0) is 24.6 Å². The summed E-state index contributed by atoms with van der Waals surface area (Å²) in [5.74, 6) is -0.852. The van der Waals surface area contributed by atoms with Crippen molar-refractivity contribution < 1.29 is 19.1 Å². The van der Waals surface area contributed by atoms with Gasteiger partial charge in [0.2, 0.25) is 5.91 Å². The van der Waals surface area contributed by atoms with Crippen molar-refractivity contribution in [3.63, 3.8) is 0 Å². The van der Waals surface area contributed by atoms with Gasteiger partial charge in [0.25, 0.3) is 0 Å². The lowest BCUT2D eigenvalue weighted by Crippen LogP contribution is -2.30. The Bertz CT molecular complexity index is 787. The average molecular weight is 337 g/mol. The molecule has 5 heteroatoms. The highest BCUT2D eigenvalue weighted by molar-refractivity contribution is 5.89. The summed E-state index contributed by atoms with van der Waals surface area (Å²) >= 11 is 0. The molecule has 3 rings (SSSR count). The zero-order valence-corrected chi connectivity index (χ0v) is 13.9. The number of esters is 1. The van der Waals surface area contributed by atoms with Crippen LogP contribution >= 0.6 is 0 Å². The van der Waals surface area contributed by atoms with E-state index in [-0.39, 0.29) is 24.1 Å². The van der Waals surface area contributed by atoms with Crippen molar-refractivity contribution in [3.05, 3.63) is 65.7 Å². The molecule has 1 aliphatic heterocycles. The minimum atomic E-state index is -0.529. The van der Waals surface area contributed by atoms with Gasteiger partial charge in [0.15, 0.2) is 6.29 Å². The van der Waals surface area contributed by atoms with Crippen LogP contribution in [0.5, 0.6) is 5.75 Å². The van der Waals surface area contributed by atoms with Crippen LogP contribution in [-0.2, 0) is 9.59 Å². The SMILES string of the molecule is C[C@H](c1ccccc1)N1C[C@H](C(=O)Oc2ccccc2C=O)CC1=O. The standard InChI is InChI=1S/C20H19NO4/c1-14(15-7-3-2-4-8-15)21-12-17(11-19(21)23)20(24)25-18-10-6-5-9-16(18)13-22/h2-10,13-14,17H,11-12H2,1H3/t14-,17-/m1/s1. The highest BCUT2D eigenvalue weighted by Crippen LogP contribution is 2.29. The van der Waals surface area contributed by atoms with E-state index >= 15 is 0 Å². The van der Waals surface area contributed by atoms with Gasteiger partial charge < -0.3 is 9.64 Å². The third-order valence-corrected chi connectivity index (χ3v) is 4.50. The molecule has 2 atom stereocenters. The largest absolute Gasteiger partial charge is 0.425 e. The Kier molecular flexibility index (Phi) is 4.93. The first-order valence-electron chi connectivity index (χ1n) is 8.20. The molecule has 1 aliphatic rings. The van der Waals surface area contributed by atoms with Gasteiger partial charge >= 0.3 is 5.97 Å². The second-order valence-electron chi connectivity index (χ2n) is 6.11. The van der Waals surface area contributed by atoms with Gasteiger partial charge in [0.05, 0.1) is 17.5 Å². The molecule has 0 radical (unpaired) electrons. The first kappa shape index (κ1) is 16.9. The Morgan fingerprint density at radius 1 is 1.16 bits per heavy atom. The van der Waals surface area contributed by atoms with Gasteiger partial charge in [-0.25, -0.2) is 0 Å². The van der Waals surface area contributed by atoms with E-state index in [1.165, 1.54) is 0 Å². The highest BCUT2D eigenvalue weighted by atomic mass is 16.5. The van der Waals surface area contributed by atoms with Crippen molar-refractivity contribution >= 4 is 18.2 Å². The summed E-state index contributed by atoms with van der Waals surface area (Å²) < 4.78 is 5.35. The van der Waals surface area contributed by atoms with Crippen LogP contribution in [0, 0.1) is 5.92 Å². The molecule has 0 spiro atoms. The number of carbonyl (C=O) groups excluding carboxylic acids is 3. The fourth-order valence-electron chi connectivity index (χ4n) is 3.04. The van der Waals surface area contributed by atoms with Gasteiger partial charge in [-0.1, -0.05) is 42.5 Å². The maximum atomic E-state index is 12.4. The van der Waals surface area contributed by atoms with Gasteiger partial charge in [-0.3, -0.25) is 14.4 Å². The summed E-state index contributed by atoms with van der Waals surface area (Å²) in [4.78, 5) is 37.5. The third-order valence-electron chi connectivity index (χ3n) is 4.50. The number of carbonyl (C=O) groups is 3. The molecule has 1 heterocycles. The number of nitrogens with zero attached hydrogens (tertiary/aromatic N) is 1. The molecule has 0 unspecified atom stereocenters. The van der Waals surface area contributed by atoms with E-state index in [0.717, 1.165) is 5.56 Å². The van der Waals surface area contributed by atoms with Crippen molar-refractivity contribution in [2.24, 2.45) is 5.92 Å². The second-order valence-corrected chi connectivity index (χ2v) is 6.11. The zero-order valence-electron chi connectivity index (χ0n) is 13.9. The molecule has 0 aliphatic carbocycles. The highest BCUT2D eigenvalue weighted by Gasteiger charge is 2.38. The Balaban J connectivity index is 1.69. The van der Waals surface area contributed by atoms with Gasteiger partial charge in [0, 0.05) is 13.0 Å². The smallest absolute Gasteiger partial charge is 0.316 e. The molecule has 0 aromatic heterocycles. The molecule has 0 bridgehead atoms. The van der Waals surface area contributed by atoms with Crippen molar-refractivity contribution in [1.82, 2.24) is 4.90 Å². The molecule has 2 aromatic rings. The minimum absolute atomic E-state index is 0.0676. The Hall–Kier alpha value is -2.95. The molecule has 128 valence electrons. The summed E-state index contributed by atoms with van der Waals surface area (Å²) in [6.45, 7) is 2.26. The molecule has 5 nitrogen and oxygen atoms in total. The molecule has 0 N–H and O–H groups in total. The van der Waals surface area contributed by atoms with Crippen LogP contribution in [0.3, 0.4) is 0 Å². The molecular weight excluding hydrogens is 318 g/mol. The Morgan fingerprint density at radius 2 is 1.84 bits per heavy atom. The maximum Gasteiger partial charge on any atom is 0.316 e. The predicted molar refractivity (Wildman–Crippen MR) is 92.1 cm³/mol. The summed E-state index contributed by atoms with van der Waals surface area (Å²) in [6, 6.07) is 16.1.